The van der Waals surface area contributed by atoms with Gasteiger partial charge in [0.05, 0.1) is 29.4 Å². The Morgan fingerprint density at radius 1 is 1.14 bits per heavy atom. The van der Waals surface area contributed by atoms with Crippen molar-refractivity contribution in [2.24, 2.45) is 0 Å². The van der Waals surface area contributed by atoms with E-state index < -0.39 is 28.5 Å². The summed E-state index contributed by atoms with van der Waals surface area (Å²) >= 11 is 3.07. The quantitative estimate of drug-likeness (QED) is 0.286. The van der Waals surface area contributed by atoms with Crippen LogP contribution in [0.4, 0.5) is 10.5 Å². The van der Waals surface area contributed by atoms with Crippen molar-refractivity contribution in [3.63, 3.8) is 0 Å². The Morgan fingerprint density at radius 3 is 2.43 bits per heavy atom. The number of rotatable bonds is 10. The van der Waals surface area contributed by atoms with Gasteiger partial charge in [-0.25, -0.2) is 9.78 Å². The van der Waals surface area contributed by atoms with E-state index in [9.17, 15) is 18.0 Å². The average Bonchev–Trinajstić information content (AvgIpc) is 3.45. The minimum Gasteiger partial charge on any atom is -0.453 e. The molecule has 3 aromatic rings. The summed E-state index contributed by atoms with van der Waals surface area (Å²) in [4.78, 5) is 30.5. The number of thiazole rings is 1. The van der Waals surface area contributed by atoms with Gasteiger partial charge in [0.1, 0.15) is 11.0 Å². The van der Waals surface area contributed by atoms with Crippen LogP contribution in [-0.4, -0.2) is 43.1 Å². The number of aromatic nitrogens is 1. The molecule has 2 aromatic heterocycles. The van der Waals surface area contributed by atoms with E-state index in [1.54, 1.807) is 30.4 Å². The van der Waals surface area contributed by atoms with Crippen LogP contribution in [-0.2, 0) is 26.3 Å². The fourth-order valence-electron chi connectivity index (χ4n) is 3.29. The van der Waals surface area contributed by atoms with Gasteiger partial charge < -0.3 is 15.4 Å². The maximum atomic E-state index is 13.0. The molecule has 0 saturated heterocycles. The number of carbonyl (C=O) groups excluding carboxylic acids is 2. The van der Waals surface area contributed by atoms with Crippen molar-refractivity contribution in [3.05, 3.63) is 57.9 Å². The SMILES string of the molecule is CC[C@H](NC(=O)OC)C(=O)N[C@@H](Cc1ccc(NS(=O)(=O)O)cc1)c1csc(-c2sccc2C)n1. The molecular weight excluding hydrogens is 512 g/mol. The van der Waals surface area contributed by atoms with Crippen molar-refractivity contribution in [2.75, 3.05) is 11.8 Å². The van der Waals surface area contributed by atoms with E-state index in [1.807, 2.05) is 28.5 Å². The molecule has 0 radical (unpaired) electrons. The molecule has 35 heavy (non-hydrogen) atoms. The fourth-order valence-corrected chi connectivity index (χ4v) is 5.70. The van der Waals surface area contributed by atoms with Crippen LogP contribution >= 0.6 is 22.7 Å². The lowest BCUT2D eigenvalue weighted by molar-refractivity contribution is -0.123. The summed E-state index contributed by atoms with van der Waals surface area (Å²) < 4.78 is 37.6. The summed E-state index contributed by atoms with van der Waals surface area (Å²) in [5, 5.41) is 10.2. The summed E-state index contributed by atoms with van der Waals surface area (Å²) in [6.07, 6.45) is 0.0223. The Morgan fingerprint density at radius 2 is 1.86 bits per heavy atom. The molecule has 0 spiro atoms. The summed E-state index contributed by atoms with van der Waals surface area (Å²) in [5.41, 5.74) is 2.78. The van der Waals surface area contributed by atoms with Gasteiger partial charge in [-0.2, -0.15) is 8.42 Å². The number of thiophene rings is 1. The topological polar surface area (TPSA) is 147 Å². The number of amides is 2. The van der Waals surface area contributed by atoms with E-state index in [2.05, 4.69) is 15.4 Å². The second-order valence-corrected chi connectivity index (χ2v) is 10.6. The van der Waals surface area contributed by atoms with E-state index in [0.717, 1.165) is 21.0 Å². The highest BCUT2D eigenvalue weighted by atomic mass is 32.2. The van der Waals surface area contributed by atoms with Gasteiger partial charge in [0.15, 0.2) is 0 Å². The zero-order valence-electron chi connectivity index (χ0n) is 19.3. The standard InChI is InChI=1S/C22H26N4O6S3/c1-4-16(25-22(28)32-3)20(27)23-17(11-14-5-7-15(8-6-14)26-35(29,30)31)18-12-34-21(24-18)19-13(2)9-10-33-19/h5-10,12,16-17,26H,4,11H2,1-3H3,(H,23,27)(H,25,28)(H,29,30,31)/t16-,17-/m0/s1. The number of ether oxygens (including phenoxy) is 1. The van der Waals surface area contributed by atoms with Crippen molar-refractivity contribution in [3.8, 4) is 9.88 Å². The van der Waals surface area contributed by atoms with Gasteiger partial charge in [-0.3, -0.25) is 14.1 Å². The summed E-state index contributed by atoms with van der Waals surface area (Å²) in [5.74, 6) is -0.380. The third-order valence-electron chi connectivity index (χ3n) is 5.09. The highest BCUT2D eigenvalue weighted by Gasteiger charge is 2.25. The van der Waals surface area contributed by atoms with Crippen LogP contribution in [0.15, 0.2) is 41.1 Å². The first-order chi connectivity index (χ1) is 16.6. The number of methoxy groups -OCH3 is 1. The van der Waals surface area contributed by atoms with Crippen LogP contribution in [0.2, 0.25) is 0 Å². The predicted octanol–water partition coefficient (Wildman–Crippen LogP) is 3.93. The largest absolute Gasteiger partial charge is 0.453 e. The Balaban J connectivity index is 1.85. The van der Waals surface area contributed by atoms with E-state index >= 15 is 0 Å². The van der Waals surface area contributed by atoms with Crippen LogP contribution in [0.25, 0.3) is 9.88 Å². The van der Waals surface area contributed by atoms with Gasteiger partial charge in [0.2, 0.25) is 5.91 Å². The van der Waals surface area contributed by atoms with Crippen LogP contribution in [0.3, 0.4) is 0 Å². The number of carbonyl (C=O) groups is 2. The molecule has 2 heterocycles. The number of aryl methyl sites for hydroxylation is 1. The van der Waals surface area contributed by atoms with E-state index in [-0.39, 0.29) is 11.6 Å². The molecule has 10 nitrogen and oxygen atoms in total. The maximum Gasteiger partial charge on any atom is 0.407 e. The Hall–Kier alpha value is -3.00. The van der Waals surface area contributed by atoms with Crippen LogP contribution in [0.5, 0.6) is 0 Å². The summed E-state index contributed by atoms with van der Waals surface area (Å²) in [6.45, 7) is 3.79. The molecule has 0 bridgehead atoms. The van der Waals surface area contributed by atoms with Crippen LogP contribution in [0, 0.1) is 6.92 Å². The van der Waals surface area contributed by atoms with E-state index in [1.165, 1.54) is 30.6 Å². The normalized spacial score (nSPS) is 13.0. The molecular formula is C22H26N4O6S3. The Labute approximate surface area is 211 Å². The number of nitrogens with one attached hydrogen (secondary N) is 3. The second kappa shape index (κ2) is 11.6. The van der Waals surface area contributed by atoms with E-state index in [0.29, 0.717) is 18.5 Å². The highest BCUT2D eigenvalue weighted by Crippen LogP contribution is 2.33. The predicted molar refractivity (Wildman–Crippen MR) is 136 cm³/mol. The maximum absolute atomic E-state index is 13.0. The van der Waals surface area contributed by atoms with Crippen LogP contribution < -0.4 is 15.4 Å². The molecule has 0 fully saturated rings. The Kier molecular flexibility index (Phi) is 8.83. The summed E-state index contributed by atoms with van der Waals surface area (Å²) in [7, 11) is -3.15. The van der Waals surface area contributed by atoms with Crippen LogP contribution in [0.1, 0.15) is 36.2 Å². The van der Waals surface area contributed by atoms with Gasteiger partial charge in [0.25, 0.3) is 0 Å². The highest BCUT2D eigenvalue weighted by molar-refractivity contribution is 7.87. The number of hydrogen-bond donors (Lipinski definition) is 4. The third kappa shape index (κ3) is 7.49. The minimum absolute atomic E-state index is 0.203. The van der Waals surface area contributed by atoms with Gasteiger partial charge in [-0.15, -0.1) is 22.7 Å². The van der Waals surface area contributed by atoms with Gasteiger partial charge in [-0.1, -0.05) is 19.1 Å². The molecule has 0 aliphatic rings. The molecule has 13 heteroatoms. The number of anilines is 1. The lowest BCUT2D eigenvalue weighted by atomic mass is 10.0. The van der Waals surface area contributed by atoms with E-state index in [4.69, 9.17) is 9.54 Å². The van der Waals surface area contributed by atoms with Crippen molar-refractivity contribution in [1.29, 1.82) is 0 Å². The number of alkyl carbamates (subject to hydrolysis) is 1. The first-order valence-corrected chi connectivity index (χ1v) is 13.8. The molecule has 3 rings (SSSR count). The fraction of sp³-hybridized carbons (Fsp3) is 0.318. The monoisotopic (exact) mass is 538 g/mol. The molecule has 0 aliphatic heterocycles. The Bertz CT molecular complexity index is 1270. The number of benzene rings is 1. The first-order valence-electron chi connectivity index (χ1n) is 10.6. The van der Waals surface area contributed by atoms with Gasteiger partial charge in [0, 0.05) is 5.38 Å². The molecule has 2 atom stereocenters. The zero-order chi connectivity index (χ0) is 25.6. The second-order valence-electron chi connectivity index (χ2n) is 7.65. The average molecular weight is 539 g/mol. The molecule has 2 amide bonds. The smallest absolute Gasteiger partial charge is 0.407 e. The minimum atomic E-state index is -4.38. The van der Waals surface area contributed by atoms with Crippen molar-refractivity contribution in [1.82, 2.24) is 15.6 Å². The first kappa shape index (κ1) is 26.6. The molecule has 0 saturated carbocycles. The molecule has 0 aliphatic carbocycles. The lowest BCUT2D eigenvalue weighted by Crippen LogP contribution is -2.47. The van der Waals surface area contributed by atoms with Gasteiger partial charge in [-0.05, 0) is 54.5 Å². The van der Waals surface area contributed by atoms with Crippen molar-refractivity contribution >= 4 is 50.7 Å². The summed E-state index contributed by atoms with van der Waals surface area (Å²) in [6, 6.07) is 7.12. The van der Waals surface area contributed by atoms with Crippen molar-refractivity contribution in [2.45, 2.75) is 38.8 Å². The molecule has 188 valence electrons. The lowest BCUT2D eigenvalue weighted by Gasteiger charge is -2.22. The third-order valence-corrected chi connectivity index (χ3v) is 7.62. The molecule has 0 unspecified atom stereocenters. The van der Waals surface area contributed by atoms with Crippen molar-refractivity contribution < 1.29 is 27.3 Å². The molecule has 1 aromatic carbocycles. The number of hydrogen-bond acceptors (Lipinski definition) is 8. The number of nitrogens with zero attached hydrogens (tertiary/aromatic N) is 1. The zero-order valence-corrected chi connectivity index (χ0v) is 21.7. The molecule has 4 N–H and O–H groups in total. The van der Waals surface area contributed by atoms with Gasteiger partial charge >= 0.3 is 16.4 Å².